The monoisotopic (exact) mass is 745 g/mol. The molecule has 1 fully saturated rings. The highest BCUT2D eigenvalue weighted by Gasteiger charge is 2.44. The molecule has 1 saturated heterocycles. The molecule has 2 rings (SSSR count). The molecule has 0 spiro atoms. The largest absolute Gasteiger partial charge is 0.467 e. The lowest BCUT2D eigenvalue weighted by molar-refractivity contribution is -0.149. The van der Waals surface area contributed by atoms with Crippen LogP contribution in [0.3, 0.4) is 0 Å². The van der Waals surface area contributed by atoms with E-state index < -0.39 is 59.7 Å². The van der Waals surface area contributed by atoms with Gasteiger partial charge in [0.25, 0.3) is 0 Å². The summed E-state index contributed by atoms with van der Waals surface area (Å²) in [7, 11) is 6.04. The van der Waals surface area contributed by atoms with Crippen molar-refractivity contribution in [2.75, 3.05) is 34.9 Å². The van der Waals surface area contributed by atoms with E-state index in [0.29, 0.717) is 19.4 Å². The minimum atomic E-state index is -1.17. The Morgan fingerprint density at radius 1 is 0.981 bits per heavy atom. The average Bonchev–Trinajstić information content (AvgIpc) is 3.62. The van der Waals surface area contributed by atoms with E-state index in [-0.39, 0.29) is 48.3 Å². The number of likely N-dealkylation sites (N-methyl/N-ethyl adjacent to an activating group) is 1. The minimum absolute atomic E-state index is 0.00888. The molecule has 9 atom stereocenters. The van der Waals surface area contributed by atoms with Gasteiger partial charge in [-0.25, -0.2) is 4.79 Å². The number of likely N-dealkylation sites (tertiary alicyclic amines) is 1. The molecule has 0 aromatic heterocycles. The molecule has 53 heavy (non-hydrogen) atoms. The first-order valence-electron chi connectivity index (χ1n) is 19.0. The summed E-state index contributed by atoms with van der Waals surface area (Å²) in [6.45, 7) is 15.4. The maximum atomic E-state index is 14.2. The number of carbonyl (C=O) groups excluding carboxylic acids is 5. The molecule has 8 unspecified atom stereocenters. The van der Waals surface area contributed by atoms with E-state index in [1.165, 1.54) is 21.3 Å². The molecule has 1 heterocycles. The van der Waals surface area contributed by atoms with Crippen molar-refractivity contribution in [2.24, 2.45) is 29.4 Å². The van der Waals surface area contributed by atoms with E-state index in [4.69, 9.17) is 19.9 Å². The number of hydrogen-bond acceptors (Lipinski definition) is 9. The number of nitrogens with zero attached hydrogens (tertiary/aromatic N) is 2. The Balaban J connectivity index is 2.28. The normalized spacial score (nSPS) is 19.7. The molecule has 300 valence electrons. The summed E-state index contributed by atoms with van der Waals surface area (Å²) < 4.78 is 16.9. The van der Waals surface area contributed by atoms with Crippen LogP contribution in [0.4, 0.5) is 0 Å². The lowest BCUT2D eigenvalue weighted by atomic mass is 9.87. The zero-order chi connectivity index (χ0) is 40.2. The van der Waals surface area contributed by atoms with Gasteiger partial charge in [0.1, 0.15) is 12.1 Å². The van der Waals surface area contributed by atoms with Gasteiger partial charge < -0.3 is 40.4 Å². The molecule has 13 heteroatoms. The summed E-state index contributed by atoms with van der Waals surface area (Å²) in [5, 5.41) is 5.76. The number of benzene rings is 1. The third-order valence-corrected chi connectivity index (χ3v) is 11.3. The van der Waals surface area contributed by atoms with Crippen LogP contribution in [0.25, 0.3) is 0 Å². The van der Waals surface area contributed by atoms with E-state index in [1.807, 2.05) is 71.9 Å². The molecule has 4 amide bonds. The Kier molecular flexibility index (Phi) is 17.9. The first kappa shape index (κ1) is 45.6. The number of rotatable bonds is 20. The second-order valence-corrected chi connectivity index (χ2v) is 15.5. The van der Waals surface area contributed by atoms with Crippen molar-refractivity contribution in [3.8, 4) is 0 Å². The predicted octanol–water partition coefficient (Wildman–Crippen LogP) is 3.32. The third-order valence-electron chi connectivity index (χ3n) is 11.3. The van der Waals surface area contributed by atoms with E-state index in [1.54, 1.807) is 30.7 Å². The van der Waals surface area contributed by atoms with Crippen LogP contribution in [-0.4, -0.2) is 116 Å². The van der Waals surface area contributed by atoms with Gasteiger partial charge in [-0.1, -0.05) is 85.2 Å². The number of esters is 1. The number of amides is 4. The Morgan fingerprint density at radius 2 is 1.60 bits per heavy atom. The minimum Gasteiger partial charge on any atom is -0.467 e. The summed E-state index contributed by atoms with van der Waals surface area (Å²) in [4.78, 5) is 71.2. The Hall–Kier alpha value is -3.55. The molecule has 0 aliphatic carbocycles. The third kappa shape index (κ3) is 11.7. The fraction of sp³-hybridized carbons (Fsp3) is 0.725. The standard InChI is InChI=1S/C40H67N5O8/c1-13-26(6)34(44(9)37(48)33(24(2)3)43-39(50)40(8,41)25(4)5)31(51-10)23-32(46)45-21-17-20-30(45)35(52-11)27(7)36(47)42-29(38(49)53-12)22-28-18-15-14-16-19-28/h14-16,18-19,24-27,29-31,33-35H,13,17,20-23,41H2,1-12H3,(H,42,47)(H,43,50)/t26?,27?,29?,30-,31?,33?,34?,35?,40?/m0/s1. The first-order chi connectivity index (χ1) is 24.9. The highest BCUT2D eigenvalue weighted by molar-refractivity contribution is 5.92. The maximum Gasteiger partial charge on any atom is 0.328 e. The van der Waals surface area contributed by atoms with Crippen LogP contribution in [0.5, 0.6) is 0 Å². The number of hydrogen-bond donors (Lipinski definition) is 3. The van der Waals surface area contributed by atoms with Gasteiger partial charge in [-0.05, 0) is 43.1 Å². The van der Waals surface area contributed by atoms with Gasteiger partial charge in [0.05, 0.1) is 49.3 Å². The van der Waals surface area contributed by atoms with Gasteiger partial charge in [-0.3, -0.25) is 19.2 Å². The van der Waals surface area contributed by atoms with Gasteiger partial charge in [-0.2, -0.15) is 0 Å². The number of nitrogens with two attached hydrogens (primary N) is 1. The van der Waals surface area contributed by atoms with Gasteiger partial charge >= 0.3 is 5.97 Å². The van der Waals surface area contributed by atoms with E-state index in [0.717, 1.165) is 12.0 Å². The smallest absolute Gasteiger partial charge is 0.328 e. The van der Waals surface area contributed by atoms with Crippen molar-refractivity contribution >= 4 is 29.6 Å². The molecule has 0 radical (unpaired) electrons. The maximum absolute atomic E-state index is 14.2. The Labute approximate surface area is 317 Å². The first-order valence-corrected chi connectivity index (χ1v) is 19.0. The molecule has 1 aliphatic rings. The van der Waals surface area contributed by atoms with Crippen molar-refractivity contribution < 1.29 is 38.2 Å². The lowest BCUT2D eigenvalue weighted by Crippen LogP contribution is -2.62. The molecule has 1 aliphatic heterocycles. The molecular weight excluding hydrogens is 678 g/mol. The Morgan fingerprint density at radius 3 is 2.11 bits per heavy atom. The van der Waals surface area contributed by atoms with Crippen molar-refractivity contribution in [3.63, 3.8) is 0 Å². The molecular formula is C40H67N5O8. The molecule has 1 aromatic rings. The van der Waals surface area contributed by atoms with Crippen LogP contribution >= 0.6 is 0 Å². The van der Waals surface area contributed by atoms with Gasteiger partial charge in [0, 0.05) is 34.2 Å². The van der Waals surface area contributed by atoms with Crippen LogP contribution < -0.4 is 16.4 Å². The lowest BCUT2D eigenvalue weighted by Gasteiger charge is -2.41. The fourth-order valence-corrected chi connectivity index (χ4v) is 7.09. The molecule has 0 saturated carbocycles. The van der Waals surface area contributed by atoms with Crippen LogP contribution in [0.15, 0.2) is 30.3 Å². The van der Waals surface area contributed by atoms with Crippen molar-refractivity contribution in [1.82, 2.24) is 20.4 Å². The van der Waals surface area contributed by atoms with Crippen LogP contribution in [0.1, 0.15) is 86.6 Å². The number of carbonyl (C=O) groups is 5. The van der Waals surface area contributed by atoms with Gasteiger partial charge in [0.2, 0.25) is 23.6 Å². The van der Waals surface area contributed by atoms with Crippen LogP contribution in [0.2, 0.25) is 0 Å². The summed E-state index contributed by atoms with van der Waals surface area (Å²) in [6, 6.07) is 6.75. The fourth-order valence-electron chi connectivity index (χ4n) is 7.09. The summed E-state index contributed by atoms with van der Waals surface area (Å²) in [6.07, 6.45) is 1.01. The van der Waals surface area contributed by atoms with Gasteiger partial charge in [-0.15, -0.1) is 0 Å². The quantitative estimate of drug-likeness (QED) is 0.170. The summed E-state index contributed by atoms with van der Waals surface area (Å²) in [5.74, 6) is -2.94. The van der Waals surface area contributed by atoms with E-state index in [2.05, 4.69) is 10.6 Å². The highest BCUT2D eigenvalue weighted by Crippen LogP contribution is 2.30. The zero-order valence-electron chi connectivity index (χ0n) is 34.1. The van der Waals surface area contributed by atoms with Crippen LogP contribution in [0, 0.1) is 23.7 Å². The number of nitrogens with one attached hydrogen (secondary N) is 2. The highest BCUT2D eigenvalue weighted by atomic mass is 16.5. The SMILES string of the molecule is CCC(C)C(C(CC(=O)N1CCC[C@H]1C(OC)C(C)C(=O)NC(Cc1ccccc1)C(=O)OC)OC)N(C)C(=O)C(NC(=O)C(C)(N)C(C)C)C(C)C. The zero-order valence-corrected chi connectivity index (χ0v) is 34.1. The summed E-state index contributed by atoms with van der Waals surface area (Å²) in [5.41, 5.74) is 6.04. The number of methoxy groups -OCH3 is 3. The second-order valence-electron chi connectivity index (χ2n) is 15.5. The van der Waals surface area contributed by atoms with Gasteiger partial charge in [0.15, 0.2) is 0 Å². The van der Waals surface area contributed by atoms with Crippen molar-refractivity contribution in [2.45, 2.75) is 129 Å². The summed E-state index contributed by atoms with van der Waals surface area (Å²) >= 11 is 0. The molecule has 13 nitrogen and oxygen atoms in total. The van der Waals surface area contributed by atoms with Crippen molar-refractivity contribution in [1.29, 1.82) is 0 Å². The second kappa shape index (κ2) is 20.8. The van der Waals surface area contributed by atoms with E-state index in [9.17, 15) is 24.0 Å². The predicted molar refractivity (Wildman–Crippen MR) is 204 cm³/mol. The average molecular weight is 746 g/mol. The van der Waals surface area contributed by atoms with Crippen LogP contribution in [-0.2, 0) is 44.6 Å². The van der Waals surface area contributed by atoms with E-state index >= 15 is 0 Å². The number of ether oxygens (including phenoxy) is 3. The molecule has 1 aromatic carbocycles. The van der Waals surface area contributed by atoms with Crippen molar-refractivity contribution in [3.05, 3.63) is 35.9 Å². The molecule has 0 bridgehead atoms. The Bertz CT molecular complexity index is 1360. The topological polar surface area (TPSA) is 170 Å². The molecule has 4 N–H and O–H groups in total.